The molecule has 0 bridgehead atoms. The Bertz CT molecular complexity index is 1500. The summed E-state index contributed by atoms with van der Waals surface area (Å²) in [5.74, 6) is -0.0549. The summed E-state index contributed by atoms with van der Waals surface area (Å²) in [5, 5.41) is 3.19. The highest BCUT2D eigenvalue weighted by Crippen LogP contribution is 2.27. The van der Waals surface area contributed by atoms with Crippen molar-refractivity contribution in [2.45, 2.75) is 89.7 Å². The number of amides is 2. The first-order valence-electron chi connectivity index (χ1n) is 15.6. The summed E-state index contributed by atoms with van der Waals surface area (Å²) in [4.78, 5) is 29.7. The van der Waals surface area contributed by atoms with Crippen molar-refractivity contribution in [3.63, 3.8) is 0 Å². The Balaban J connectivity index is 1.71. The van der Waals surface area contributed by atoms with E-state index in [0.29, 0.717) is 24.5 Å². The lowest BCUT2D eigenvalue weighted by Crippen LogP contribution is -2.54. The number of ether oxygens (including phenoxy) is 1. The van der Waals surface area contributed by atoms with Crippen LogP contribution in [-0.4, -0.2) is 50.4 Å². The monoisotopic (exact) mass is 619 g/mol. The third-order valence-corrected chi connectivity index (χ3v) is 10.1. The van der Waals surface area contributed by atoms with Crippen LogP contribution in [0.1, 0.15) is 69.1 Å². The number of aryl methyl sites for hydroxylation is 2. The Kier molecular flexibility index (Phi) is 11.4. The van der Waals surface area contributed by atoms with Gasteiger partial charge in [-0.15, -0.1) is 0 Å². The van der Waals surface area contributed by atoms with Gasteiger partial charge in [0.1, 0.15) is 18.3 Å². The zero-order chi connectivity index (χ0) is 31.7. The molecular weight excluding hydrogens is 574 g/mol. The van der Waals surface area contributed by atoms with Crippen molar-refractivity contribution in [2.24, 2.45) is 0 Å². The van der Waals surface area contributed by atoms with Gasteiger partial charge >= 0.3 is 0 Å². The molecule has 1 fully saturated rings. The van der Waals surface area contributed by atoms with E-state index >= 15 is 0 Å². The topological polar surface area (TPSA) is 96.0 Å². The highest BCUT2D eigenvalue weighted by molar-refractivity contribution is 7.92. The van der Waals surface area contributed by atoms with E-state index in [4.69, 9.17) is 4.74 Å². The predicted molar refractivity (Wildman–Crippen MR) is 174 cm³/mol. The van der Waals surface area contributed by atoms with Crippen molar-refractivity contribution in [3.8, 4) is 5.75 Å². The van der Waals surface area contributed by atoms with Crippen LogP contribution in [-0.2, 0) is 26.2 Å². The van der Waals surface area contributed by atoms with Crippen LogP contribution in [0, 0.1) is 13.8 Å². The minimum atomic E-state index is -4.14. The maximum absolute atomic E-state index is 14.4. The van der Waals surface area contributed by atoms with Gasteiger partial charge in [-0.05, 0) is 87.6 Å². The second-order valence-electron chi connectivity index (χ2n) is 11.5. The molecule has 0 unspecified atom stereocenters. The molecule has 0 aromatic heterocycles. The van der Waals surface area contributed by atoms with E-state index in [0.717, 1.165) is 53.1 Å². The van der Waals surface area contributed by atoms with Crippen molar-refractivity contribution in [1.29, 1.82) is 0 Å². The lowest BCUT2D eigenvalue weighted by atomic mass is 9.95. The zero-order valence-corrected chi connectivity index (χ0v) is 27.1. The fourth-order valence-corrected chi connectivity index (χ4v) is 7.09. The number of rotatable bonds is 13. The average molecular weight is 620 g/mol. The summed E-state index contributed by atoms with van der Waals surface area (Å²) in [7, 11) is -4.14. The van der Waals surface area contributed by atoms with Crippen LogP contribution < -0.4 is 14.4 Å². The second-order valence-corrected chi connectivity index (χ2v) is 13.3. The minimum Gasteiger partial charge on any atom is -0.494 e. The van der Waals surface area contributed by atoms with E-state index < -0.39 is 28.5 Å². The molecule has 1 aliphatic carbocycles. The number of nitrogens with zero attached hydrogens (tertiary/aromatic N) is 2. The van der Waals surface area contributed by atoms with Gasteiger partial charge in [0.2, 0.25) is 11.8 Å². The summed E-state index contributed by atoms with van der Waals surface area (Å²) in [6, 6.07) is 20.3. The molecule has 3 aromatic rings. The second kappa shape index (κ2) is 15.2. The van der Waals surface area contributed by atoms with Gasteiger partial charge in [0, 0.05) is 12.6 Å². The summed E-state index contributed by atoms with van der Waals surface area (Å²) >= 11 is 0. The van der Waals surface area contributed by atoms with Gasteiger partial charge in [0.05, 0.1) is 17.2 Å². The van der Waals surface area contributed by atoms with E-state index in [9.17, 15) is 18.0 Å². The molecule has 0 saturated heterocycles. The Morgan fingerprint density at radius 3 is 2.18 bits per heavy atom. The number of anilines is 1. The molecule has 1 atom stereocenters. The van der Waals surface area contributed by atoms with Gasteiger partial charge in [-0.2, -0.15) is 0 Å². The molecule has 236 valence electrons. The van der Waals surface area contributed by atoms with Gasteiger partial charge in [-0.25, -0.2) is 8.42 Å². The number of carbonyl (C=O) groups excluding carboxylic acids is 2. The number of hydrogen-bond acceptors (Lipinski definition) is 5. The van der Waals surface area contributed by atoms with Gasteiger partial charge in [0.25, 0.3) is 10.0 Å². The van der Waals surface area contributed by atoms with E-state index in [-0.39, 0.29) is 23.4 Å². The van der Waals surface area contributed by atoms with Gasteiger partial charge < -0.3 is 15.0 Å². The summed E-state index contributed by atoms with van der Waals surface area (Å²) < 4.78 is 34.9. The summed E-state index contributed by atoms with van der Waals surface area (Å²) in [5.41, 5.74) is 3.15. The largest absolute Gasteiger partial charge is 0.494 e. The molecule has 44 heavy (non-hydrogen) atoms. The van der Waals surface area contributed by atoms with E-state index in [2.05, 4.69) is 5.32 Å². The molecule has 0 heterocycles. The summed E-state index contributed by atoms with van der Waals surface area (Å²) in [6.07, 6.45) is 5.55. The highest BCUT2D eigenvalue weighted by Gasteiger charge is 2.34. The fourth-order valence-electron chi connectivity index (χ4n) is 5.68. The molecule has 0 radical (unpaired) electrons. The fraction of sp³-hybridized carbons (Fsp3) is 0.429. The van der Waals surface area contributed by atoms with Crippen LogP contribution in [0.2, 0.25) is 0 Å². The Hall–Kier alpha value is -3.85. The van der Waals surface area contributed by atoms with Crippen LogP contribution in [0.25, 0.3) is 0 Å². The Labute approximate surface area is 262 Å². The molecule has 3 aromatic carbocycles. The van der Waals surface area contributed by atoms with Crippen molar-refractivity contribution in [1.82, 2.24) is 10.2 Å². The van der Waals surface area contributed by atoms with Crippen LogP contribution >= 0.6 is 0 Å². The van der Waals surface area contributed by atoms with Crippen molar-refractivity contribution in [3.05, 3.63) is 89.5 Å². The van der Waals surface area contributed by atoms with Crippen LogP contribution in [0.4, 0.5) is 5.69 Å². The van der Waals surface area contributed by atoms with Crippen LogP contribution in [0.15, 0.2) is 77.7 Å². The predicted octanol–water partition coefficient (Wildman–Crippen LogP) is 6.15. The maximum Gasteiger partial charge on any atom is 0.264 e. The number of hydrogen-bond donors (Lipinski definition) is 1. The third-order valence-electron chi connectivity index (χ3n) is 8.26. The van der Waals surface area contributed by atoms with Crippen LogP contribution in [0.3, 0.4) is 0 Å². The van der Waals surface area contributed by atoms with Gasteiger partial charge in [-0.3, -0.25) is 13.9 Å². The SMILES string of the molecule is CCOc1ccc(N(CC(=O)N(Cc2ccccc2C)[C@@H](CC)C(=O)NC2CCCCC2)S(=O)(=O)c2ccc(C)cc2)cc1. The van der Waals surface area contributed by atoms with Crippen molar-refractivity contribution < 1.29 is 22.7 Å². The van der Waals surface area contributed by atoms with Gasteiger partial charge in [0.15, 0.2) is 0 Å². The number of carbonyl (C=O) groups is 2. The lowest BCUT2D eigenvalue weighted by Gasteiger charge is -2.34. The van der Waals surface area contributed by atoms with Crippen LogP contribution in [0.5, 0.6) is 5.75 Å². The first-order valence-corrected chi connectivity index (χ1v) is 17.0. The average Bonchev–Trinajstić information content (AvgIpc) is 3.02. The Morgan fingerprint density at radius 1 is 0.909 bits per heavy atom. The molecule has 0 spiro atoms. The molecule has 1 saturated carbocycles. The molecule has 9 heteroatoms. The van der Waals surface area contributed by atoms with E-state index in [1.165, 1.54) is 0 Å². The van der Waals surface area contributed by atoms with E-state index in [1.807, 2.05) is 52.0 Å². The normalized spacial score (nSPS) is 14.5. The first kappa shape index (κ1) is 33.1. The van der Waals surface area contributed by atoms with Crippen molar-refractivity contribution in [2.75, 3.05) is 17.5 Å². The zero-order valence-electron chi connectivity index (χ0n) is 26.3. The number of sulfonamides is 1. The molecule has 1 aliphatic rings. The molecular formula is C35H45N3O5S. The van der Waals surface area contributed by atoms with E-state index in [1.54, 1.807) is 53.4 Å². The molecule has 2 amide bonds. The van der Waals surface area contributed by atoms with Crippen molar-refractivity contribution >= 4 is 27.5 Å². The molecule has 4 rings (SSSR count). The first-order chi connectivity index (χ1) is 21.1. The molecule has 0 aliphatic heterocycles. The highest BCUT2D eigenvalue weighted by atomic mass is 32.2. The Morgan fingerprint density at radius 2 is 1.57 bits per heavy atom. The maximum atomic E-state index is 14.4. The molecule has 1 N–H and O–H groups in total. The number of nitrogens with one attached hydrogen (secondary N) is 1. The molecule has 8 nitrogen and oxygen atoms in total. The standard InChI is InChI=1S/C35H45N3O5S/c1-5-33(35(40)36-29-14-8-7-9-15-29)37(24-28-13-11-10-12-27(28)4)34(39)25-38(30-18-20-31(21-19-30)43-6-2)44(41,42)32-22-16-26(3)17-23-32/h10-13,16-23,29,33H,5-9,14-15,24-25H2,1-4H3,(H,36,40)/t33-/m0/s1. The number of benzene rings is 3. The summed E-state index contributed by atoms with van der Waals surface area (Å²) in [6.45, 7) is 7.80. The van der Waals surface area contributed by atoms with Gasteiger partial charge in [-0.1, -0.05) is 68.1 Å². The minimum absolute atomic E-state index is 0.0809. The quantitative estimate of drug-likeness (QED) is 0.248. The lowest BCUT2D eigenvalue weighted by molar-refractivity contribution is -0.140. The smallest absolute Gasteiger partial charge is 0.264 e. The third kappa shape index (κ3) is 8.20.